The Bertz CT molecular complexity index is 73.7. The van der Waals surface area contributed by atoms with Gasteiger partial charge in [0.2, 0.25) is 0 Å². The van der Waals surface area contributed by atoms with Crippen molar-refractivity contribution in [2.75, 3.05) is 0 Å². The molecule has 0 rings (SSSR count). The van der Waals surface area contributed by atoms with Crippen LogP contribution in [0.15, 0.2) is 0 Å². The van der Waals surface area contributed by atoms with E-state index in [9.17, 15) is 0 Å². The van der Waals surface area contributed by atoms with E-state index in [2.05, 4.69) is 0 Å². The van der Waals surface area contributed by atoms with Crippen LogP contribution in [0, 0.1) is 30.6 Å². The summed E-state index contributed by atoms with van der Waals surface area (Å²) in [6.45, 7) is 0. The Balaban J connectivity index is -0.0000000300. The van der Waals surface area contributed by atoms with Gasteiger partial charge in [-0.05, 0) is 0 Å². The van der Waals surface area contributed by atoms with E-state index in [1.54, 1.807) is 0 Å². The van der Waals surface area contributed by atoms with E-state index in [4.69, 9.17) is 30.6 Å². The summed E-state index contributed by atoms with van der Waals surface area (Å²) in [4.78, 5) is 16.5. The summed E-state index contributed by atoms with van der Waals surface area (Å²) in [5, 5.41) is 29.5. The Kier molecular flexibility index (Phi) is 35.9. The normalized spacial score (nSPS) is 4.80. The monoisotopic (exact) mass is 293 g/mol. The maximum Gasteiger partial charge on any atom is 2.00 e. The molecular formula is CdMnN2O6. The van der Waals surface area contributed by atoms with Crippen molar-refractivity contribution in [3.05, 3.63) is 30.6 Å². The van der Waals surface area contributed by atoms with Crippen LogP contribution in [0.2, 0.25) is 0 Å². The molecule has 0 spiro atoms. The number of rotatable bonds is 0. The van der Waals surface area contributed by atoms with Crippen LogP contribution in [0.3, 0.4) is 0 Å². The van der Waals surface area contributed by atoms with Gasteiger partial charge in [-0.15, -0.1) is 0 Å². The van der Waals surface area contributed by atoms with Crippen molar-refractivity contribution in [1.29, 1.82) is 0 Å². The Labute approximate surface area is 85.1 Å². The van der Waals surface area contributed by atoms with Crippen LogP contribution in [0.1, 0.15) is 0 Å². The van der Waals surface area contributed by atoms with Gasteiger partial charge in [0.1, 0.15) is 0 Å². The quantitative estimate of drug-likeness (QED) is 0.336. The largest absolute Gasteiger partial charge is 2.00 e. The van der Waals surface area contributed by atoms with E-state index in [1.165, 1.54) is 0 Å². The average molecular weight is 291 g/mol. The van der Waals surface area contributed by atoms with Crippen molar-refractivity contribution in [3.8, 4) is 0 Å². The smallest absolute Gasteiger partial charge is 0.356 e. The fourth-order valence-electron chi connectivity index (χ4n) is 0. The first-order valence-corrected chi connectivity index (χ1v) is 1.10. The molecule has 0 aromatic carbocycles. The van der Waals surface area contributed by atoms with Crippen LogP contribution in [0.4, 0.5) is 0 Å². The van der Waals surface area contributed by atoms with Gasteiger partial charge >= 0.3 is 17.1 Å². The second kappa shape index (κ2) is 15.9. The Morgan fingerprint density at radius 3 is 0.800 bits per heavy atom. The molecule has 0 aromatic rings. The van der Waals surface area contributed by atoms with Gasteiger partial charge in [0, 0.05) is 27.3 Å². The van der Waals surface area contributed by atoms with E-state index in [0.29, 0.717) is 0 Å². The summed E-state index contributed by atoms with van der Waals surface area (Å²) in [7, 11) is 0. The van der Waals surface area contributed by atoms with E-state index < -0.39 is 10.2 Å². The minimum Gasteiger partial charge on any atom is -0.356 e. The SMILES string of the molecule is O=[N+]([O-])[O-].O=[N+]([O-])[O-].[Cd].[Mn+2]. The van der Waals surface area contributed by atoms with Gasteiger partial charge in [0.15, 0.2) is 0 Å². The molecule has 0 aliphatic carbocycles. The molecular weight excluding hydrogens is 291 g/mol. The molecule has 10 heteroatoms. The minimum absolute atomic E-state index is 0. The fourth-order valence-corrected chi connectivity index (χ4v) is 0. The average Bonchev–Trinajstić information content (AvgIpc) is 1.25. The van der Waals surface area contributed by atoms with Crippen LogP contribution < -0.4 is 0 Å². The van der Waals surface area contributed by atoms with Crippen molar-refractivity contribution in [2.24, 2.45) is 0 Å². The zero-order valence-electron chi connectivity index (χ0n) is 4.43. The third kappa shape index (κ3) is 14600. The molecule has 0 fully saturated rings. The molecule has 0 heterocycles. The first-order chi connectivity index (χ1) is 3.46. The topological polar surface area (TPSA) is 132 Å². The molecule has 55 valence electrons. The van der Waals surface area contributed by atoms with Gasteiger partial charge in [-0.3, -0.25) is 0 Å². The summed E-state index contributed by atoms with van der Waals surface area (Å²) < 4.78 is 0. The van der Waals surface area contributed by atoms with E-state index in [-0.39, 0.29) is 44.4 Å². The molecule has 0 N–H and O–H groups in total. The zero-order valence-corrected chi connectivity index (χ0v) is 9.65. The van der Waals surface area contributed by atoms with Gasteiger partial charge in [-0.2, -0.15) is 0 Å². The molecule has 0 saturated carbocycles. The van der Waals surface area contributed by atoms with Crippen LogP contribution in [0.5, 0.6) is 0 Å². The van der Waals surface area contributed by atoms with Gasteiger partial charge in [-0.25, -0.2) is 0 Å². The van der Waals surface area contributed by atoms with E-state index in [1.807, 2.05) is 0 Å². The maximum atomic E-state index is 8.25. The van der Waals surface area contributed by atoms with Crippen molar-refractivity contribution < 1.29 is 54.5 Å². The summed E-state index contributed by atoms with van der Waals surface area (Å²) in [6.07, 6.45) is 0. The van der Waals surface area contributed by atoms with Crippen molar-refractivity contribution in [2.45, 2.75) is 0 Å². The molecule has 0 atom stereocenters. The molecule has 10 heavy (non-hydrogen) atoms. The molecule has 0 aliphatic rings. The predicted molar refractivity (Wildman–Crippen MR) is 20.7 cm³/mol. The van der Waals surface area contributed by atoms with Crippen LogP contribution in [0.25, 0.3) is 0 Å². The number of hydrogen-bond acceptors (Lipinski definition) is 6. The van der Waals surface area contributed by atoms with Crippen molar-refractivity contribution in [3.63, 3.8) is 0 Å². The van der Waals surface area contributed by atoms with Crippen molar-refractivity contribution in [1.82, 2.24) is 0 Å². The third-order valence-corrected chi connectivity index (χ3v) is 0. The summed E-state index contributed by atoms with van der Waals surface area (Å²) >= 11 is 0. The molecule has 1 radical (unpaired) electrons. The molecule has 0 saturated heterocycles. The third-order valence-electron chi connectivity index (χ3n) is 0. The second-order valence-corrected chi connectivity index (χ2v) is 0.447. The van der Waals surface area contributed by atoms with Crippen LogP contribution in [-0.2, 0) is 44.4 Å². The van der Waals surface area contributed by atoms with E-state index >= 15 is 0 Å². The molecule has 0 unspecified atom stereocenters. The van der Waals surface area contributed by atoms with Crippen LogP contribution >= 0.6 is 0 Å². The fraction of sp³-hybridized carbons (Fsp3) is 0. The van der Waals surface area contributed by atoms with Gasteiger partial charge in [-0.1, -0.05) is 0 Å². The van der Waals surface area contributed by atoms with Gasteiger partial charge in [0.25, 0.3) is 0 Å². The molecule has 0 aliphatic heterocycles. The Morgan fingerprint density at radius 1 is 0.800 bits per heavy atom. The first-order valence-electron chi connectivity index (χ1n) is 1.10. The molecule has 0 aromatic heterocycles. The first kappa shape index (κ1) is 22.5. The second-order valence-electron chi connectivity index (χ2n) is 0.447. The Hall–Kier alpha value is -0.158. The maximum absolute atomic E-state index is 8.25. The molecule has 0 amide bonds. The standard InChI is InChI=1S/Cd.Mn.2NO3/c;;2*2-1(3)4/q;+2;2*-1. The molecule has 0 bridgehead atoms. The molecule has 8 nitrogen and oxygen atoms in total. The minimum atomic E-state index is -1.75. The summed E-state index contributed by atoms with van der Waals surface area (Å²) in [5.74, 6) is 0. The summed E-state index contributed by atoms with van der Waals surface area (Å²) in [5.41, 5.74) is 0. The van der Waals surface area contributed by atoms with Crippen molar-refractivity contribution >= 4 is 0 Å². The van der Waals surface area contributed by atoms with E-state index in [0.717, 1.165) is 0 Å². The van der Waals surface area contributed by atoms with Gasteiger partial charge in [0.05, 0.1) is 10.2 Å². The number of hydrogen-bond donors (Lipinski definition) is 0. The zero-order chi connectivity index (χ0) is 7.15. The number of nitrogens with zero attached hydrogens (tertiary/aromatic N) is 2. The Morgan fingerprint density at radius 2 is 0.800 bits per heavy atom. The van der Waals surface area contributed by atoms with Crippen LogP contribution in [-0.4, -0.2) is 10.2 Å². The predicted octanol–water partition coefficient (Wildman–Crippen LogP) is -0.483. The summed E-state index contributed by atoms with van der Waals surface area (Å²) in [6, 6.07) is 0. The van der Waals surface area contributed by atoms with Gasteiger partial charge < -0.3 is 30.6 Å².